The second-order valence-electron chi connectivity index (χ2n) is 6.79. The second-order valence-corrected chi connectivity index (χ2v) is 7.70. The number of imidazole rings is 1. The molecule has 30 heavy (non-hydrogen) atoms. The molecule has 0 aliphatic carbocycles. The van der Waals surface area contributed by atoms with Crippen LogP contribution in [0.2, 0.25) is 0 Å². The van der Waals surface area contributed by atoms with Crippen molar-refractivity contribution in [3.8, 4) is 11.4 Å². The standard InChI is InChI=1S/C21H18F3N3O2S/c1-3-19-25-16-5-4-14(9-17(16)26(19)2)27-7-6-15(10-20(27)28)29-11-13-8-18(30-12-13)21(22,23)24/h4-10,12H,3,11H2,1-2H3. The highest BCUT2D eigenvalue weighted by atomic mass is 32.1. The summed E-state index contributed by atoms with van der Waals surface area (Å²) in [5.74, 6) is 1.26. The molecule has 1 aromatic carbocycles. The summed E-state index contributed by atoms with van der Waals surface area (Å²) in [6, 6.07) is 9.58. The van der Waals surface area contributed by atoms with E-state index in [4.69, 9.17) is 4.74 Å². The van der Waals surface area contributed by atoms with Gasteiger partial charge in [0.15, 0.2) is 0 Å². The topological polar surface area (TPSA) is 49.1 Å². The number of fused-ring (bicyclic) bond motifs is 1. The maximum Gasteiger partial charge on any atom is 0.425 e. The van der Waals surface area contributed by atoms with E-state index in [1.165, 1.54) is 16.0 Å². The van der Waals surface area contributed by atoms with Crippen LogP contribution in [0.15, 0.2) is 52.8 Å². The SMILES string of the molecule is CCc1nc2ccc(-n3ccc(OCc4csc(C(F)(F)F)c4)cc3=O)cc2n1C. The monoisotopic (exact) mass is 433 g/mol. The lowest BCUT2D eigenvalue weighted by atomic mass is 10.2. The molecule has 0 saturated heterocycles. The van der Waals surface area contributed by atoms with Crippen molar-refractivity contribution < 1.29 is 17.9 Å². The fourth-order valence-electron chi connectivity index (χ4n) is 3.22. The molecule has 9 heteroatoms. The van der Waals surface area contributed by atoms with Gasteiger partial charge >= 0.3 is 6.18 Å². The van der Waals surface area contributed by atoms with Gasteiger partial charge in [-0.05, 0) is 35.7 Å². The molecule has 0 N–H and O–H groups in total. The molecule has 4 aromatic rings. The van der Waals surface area contributed by atoms with Gasteiger partial charge in [0.1, 0.15) is 23.1 Å². The van der Waals surface area contributed by atoms with Crippen LogP contribution in [0.3, 0.4) is 0 Å². The predicted molar refractivity (Wildman–Crippen MR) is 109 cm³/mol. The minimum Gasteiger partial charge on any atom is -0.489 e. The zero-order chi connectivity index (χ0) is 21.5. The van der Waals surface area contributed by atoms with E-state index in [0.717, 1.165) is 29.3 Å². The fraction of sp³-hybridized carbons (Fsp3) is 0.238. The summed E-state index contributed by atoms with van der Waals surface area (Å²) in [5, 5.41) is 1.40. The largest absolute Gasteiger partial charge is 0.489 e. The average Bonchev–Trinajstić information content (AvgIpc) is 3.31. The van der Waals surface area contributed by atoms with E-state index < -0.39 is 11.1 Å². The summed E-state index contributed by atoms with van der Waals surface area (Å²) in [6.45, 7) is 1.99. The summed E-state index contributed by atoms with van der Waals surface area (Å²) in [7, 11) is 1.94. The molecule has 0 aliphatic rings. The van der Waals surface area contributed by atoms with Crippen LogP contribution in [0.4, 0.5) is 13.2 Å². The van der Waals surface area contributed by atoms with Gasteiger partial charge in [-0.25, -0.2) is 4.98 Å². The normalized spacial score (nSPS) is 11.9. The highest BCUT2D eigenvalue weighted by molar-refractivity contribution is 7.10. The van der Waals surface area contributed by atoms with E-state index in [9.17, 15) is 18.0 Å². The fourth-order valence-corrected chi connectivity index (χ4v) is 3.99. The third-order valence-corrected chi connectivity index (χ3v) is 5.80. The summed E-state index contributed by atoms with van der Waals surface area (Å²) >= 11 is 0.622. The van der Waals surface area contributed by atoms with Crippen LogP contribution in [0, 0.1) is 0 Å². The van der Waals surface area contributed by atoms with E-state index in [1.807, 2.05) is 36.7 Å². The third-order valence-electron chi connectivity index (χ3n) is 4.78. The van der Waals surface area contributed by atoms with E-state index in [2.05, 4.69) is 4.98 Å². The maximum absolute atomic E-state index is 12.7. The zero-order valence-corrected chi connectivity index (χ0v) is 17.0. The molecular formula is C21H18F3N3O2S. The van der Waals surface area contributed by atoms with Gasteiger partial charge in [-0.3, -0.25) is 9.36 Å². The summed E-state index contributed by atoms with van der Waals surface area (Å²) in [5.41, 5.74) is 2.59. The lowest BCUT2D eigenvalue weighted by molar-refractivity contribution is -0.134. The van der Waals surface area contributed by atoms with Gasteiger partial charge in [0.25, 0.3) is 5.56 Å². The van der Waals surface area contributed by atoms with Gasteiger partial charge in [-0.15, -0.1) is 11.3 Å². The van der Waals surface area contributed by atoms with Crippen molar-refractivity contribution >= 4 is 22.4 Å². The number of hydrogen-bond acceptors (Lipinski definition) is 4. The molecular weight excluding hydrogens is 415 g/mol. The molecule has 0 amide bonds. The Kier molecular flexibility index (Phi) is 5.15. The first-order chi connectivity index (χ1) is 14.3. The smallest absolute Gasteiger partial charge is 0.425 e. The number of hydrogen-bond donors (Lipinski definition) is 0. The van der Waals surface area contributed by atoms with Crippen molar-refractivity contribution in [2.24, 2.45) is 7.05 Å². The predicted octanol–water partition coefficient (Wildman–Crippen LogP) is 4.95. The summed E-state index contributed by atoms with van der Waals surface area (Å²) in [6.07, 6.45) is -1.97. The Bertz CT molecular complexity index is 1270. The highest BCUT2D eigenvalue weighted by Gasteiger charge is 2.32. The molecule has 3 aromatic heterocycles. The van der Waals surface area contributed by atoms with Crippen LogP contribution in [0.25, 0.3) is 16.7 Å². The molecule has 5 nitrogen and oxygen atoms in total. The van der Waals surface area contributed by atoms with Crippen LogP contribution in [-0.2, 0) is 26.3 Å². The number of ether oxygens (including phenoxy) is 1. The van der Waals surface area contributed by atoms with Crippen molar-refractivity contribution in [3.63, 3.8) is 0 Å². The molecule has 0 saturated carbocycles. The minimum atomic E-state index is -4.36. The van der Waals surface area contributed by atoms with E-state index >= 15 is 0 Å². The third kappa shape index (κ3) is 3.85. The van der Waals surface area contributed by atoms with Crippen molar-refractivity contribution in [3.05, 3.63) is 74.6 Å². The molecule has 3 heterocycles. The van der Waals surface area contributed by atoms with Gasteiger partial charge < -0.3 is 9.30 Å². The van der Waals surface area contributed by atoms with Crippen LogP contribution in [-0.4, -0.2) is 14.1 Å². The van der Waals surface area contributed by atoms with Gasteiger partial charge in [0.05, 0.1) is 16.7 Å². The maximum atomic E-state index is 12.7. The Morgan fingerprint density at radius 2 is 1.97 bits per heavy atom. The first-order valence-corrected chi connectivity index (χ1v) is 10.1. The Hall–Kier alpha value is -3.07. The number of halogens is 3. The van der Waals surface area contributed by atoms with E-state index in [0.29, 0.717) is 28.3 Å². The molecule has 0 fully saturated rings. The van der Waals surface area contributed by atoms with Gasteiger partial charge in [-0.1, -0.05) is 6.92 Å². The first-order valence-electron chi connectivity index (χ1n) is 9.22. The number of pyridine rings is 1. The molecule has 4 rings (SSSR count). The van der Waals surface area contributed by atoms with Crippen molar-refractivity contribution in [1.29, 1.82) is 0 Å². The van der Waals surface area contributed by atoms with Crippen molar-refractivity contribution in [1.82, 2.24) is 14.1 Å². The van der Waals surface area contributed by atoms with Crippen LogP contribution in [0.1, 0.15) is 23.2 Å². The Morgan fingerprint density at radius 3 is 2.63 bits per heavy atom. The second kappa shape index (κ2) is 7.64. The summed E-state index contributed by atoms with van der Waals surface area (Å²) in [4.78, 5) is 16.5. The first kappa shape index (κ1) is 20.2. The van der Waals surface area contributed by atoms with Gasteiger partial charge in [0, 0.05) is 31.3 Å². The van der Waals surface area contributed by atoms with Crippen LogP contribution in [0.5, 0.6) is 5.75 Å². The molecule has 0 aliphatic heterocycles. The lowest BCUT2D eigenvalue weighted by Crippen LogP contribution is -2.16. The lowest BCUT2D eigenvalue weighted by Gasteiger charge is -2.09. The van der Waals surface area contributed by atoms with E-state index in [1.54, 1.807) is 12.3 Å². The Labute approximate surface area is 174 Å². The number of benzene rings is 1. The Balaban J connectivity index is 1.55. The number of aromatic nitrogens is 3. The molecule has 0 spiro atoms. The van der Waals surface area contributed by atoms with Gasteiger partial charge in [-0.2, -0.15) is 13.2 Å². The molecule has 0 atom stereocenters. The molecule has 0 radical (unpaired) electrons. The molecule has 156 valence electrons. The van der Waals surface area contributed by atoms with Crippen molar-refractivity contribution in [2.45, 2.75) is 26.1 Å². The number of thiophene rings is 1. The minimum absolute atomic E-state index is 0.0448. The number of aryl methyl sites for hydroxylation is 2. The van der Waals surface area contributed by atoms with Gasteiger partial charge in [0.2, 0.25) is 0 Å². The number of rotatable bonds is 5. The molecule has 0 bridgehead atoms. The quantitative estimate of drug-likeness (QED) is 0.448. The van der Waals surface area contributed by atoms with Crippen LogP contribution >= 0.6 is 11.3 Å². The molecule has 0 unspecified atom stereocenters. The summed E-state index contributed by atoms with van der Waals surface area (Å²) < 4.78 is 47.1. The Morgan fingerprint density at radius 1 is 1.17 bits per heavy atom. The van der Waals surface area contributed by atoms with Crippen molar-refractivity contribution in [2.75, 3.05) is 0 Å². The zero-order valence-electron chi connectivity index (χ0n) is 16.2. The van der Waals surface area contributed by atoms with E-state index in [-0.39, 0.29) is 12.2 Å². The average molecular weight is 433 g/mol. The number of nitrogens with zero attached hydrogens (tertiary/aromatic N) is 3. The number of alkyl halides is 3. The highest BCUT2D eigenvalue weighted by Crippen LogP contribution is 2.34. The van der Waals surface area contributed by atoms with Crippen LogP contribution < -0.4 is 10.3 Å².